The Labute approximate surface area is 168 Å². The van der Waals surface area contributed by atoms with Gasteiger partial charge >= 0.3 is 0 Å². The Kier molecular flexibility index (Phi) is 6.36. The van der Waals surface area contributed by atoms with E-state index in [0.29, 0.717) is 11.4 Å². The minimum Gasteiger partial charge on any atom is -0.326 e. The summed E-state index contributed by atoms with van der Waals surface area (Å²) in [5, 5.41) is 5.75. The summed E-state index contributed by atoms with van der Waals surface area (Å²) >= 11 is 1.67. The van der Waals surface area contributed by atoms with Crippen LogP contribution in [0.2, 0.25) is 0 Å². The molecule has 7 heteroatoms. The minimum absolute atomic E-state index is 0.0601. The summed E-state index contributed by atoms with van der Waals surface area (Å²) < 4.78 is 1.95. The van der Waals surface area contributed by atoms with Crippen molar-refractivity contribution in [3.05, 3.63) is 54.4 Å². The molecule has 0 aliphatic carbocycles. The van der Waals surface area contributed by atoms with Crippen molar-refractivity contribution in [3.8, 4) is 0 Å². The largest absolute Gasteiger partial charge is 0.326 e. The van der Waals surface area contributed by atoms with Gasteiger partial charge in [0, 0.05) is 17.3 Å². The molecule has 0 saturated carbocycles. The molecule has 3 aromatic rings. The van der Waals surface area contributed by atoms with Crippen LogP contribution in [0.4, 0.5) is 11.4 Å². The molecule has 0 bridgehead atoms. The molecular weight excluding hydrogens is 372 g/mol. The molecule has 146 valence electrons. The fourth-order valence-electron chi connectivity index (χ4n) is 2.85. The zero-order chi connectivity index (χ0) is 20.1. The smallest absolute Gasteiger partial charge is 0.244 e. The Morgan fingerprint density at radius 1 is 1.07 bits per heavy atom. The molecule has 0 aliphatic heterocycles. The summed E-state index contributed by atoms with van der Waals surface area (Å²) in [6, 6.07) is 15.0. The van der Waals surface area contributed by atoms with Crippen molar-refractivity contribution < 1.29 is 9.59 Å². The van der Waals surface area contributed by atoms with Crippen LogP contribution in [-0.2, 0) is 21.9 Å². The molecule has 2 aromatic carbocycles. The van der Waals surface area contributed by atoms with Crippen LogP contribution in [0.5, 0.6) is 0 Å². The maximum atomic E-state index is 12.7. The van der Waals surface area contributed by atoms with E-state index in [0.717, 1.165) is 22.6 Å². The van der Waals surface area contributed by atoms with E-state index in [-0.39, 0.29) is 24.3 Å². The van der Waals surface area contributed by atoms with Crippen molar-refractivity contribution in [3.63, 3.8) is 0 Å². The van der Waals surface area contributed by atoms with Crippen LogP contribution >= 0.6 is 11.8 Å². The zero-order valence-electron chi connectivity index (χ0n) is 16.2. The fraction of sp³-hybridized carbons (Fsp3) is 0.286. The lowest BCUT2D eigenvalue weighted by molar-refractivity contribution is -0.119. The normalized spacial score (nSPS) is 11.0. The standard InChI is InChI=1S/C21H24N4O2S/c1-14(2)21(27)23-16-8-6-7-15(11-16)22-20(26)12-25-18-10-5-4-9-17(18)24-19(25)13-28-3/h4-11,14H,12-13H2,1-3H3,(H,22,26)(H,23,27). The number of aromatic nitrogens is 2. The second kappa shape index (κ2) is 8.93. The molecule has 3 rings (SSSR count). The van der Waals surface area contributed by atoms with Gasteiger partial charge in [-0.2, -0.15) is 11.8 Å². The second-order valence-electron chi connectivity index (χ2n) is 6.81. The van der Waals surface area contributed by atoms with Gasteiger partial charge in [-0.05, 0) is 36.6 Å². The monoisotopic (exact) mass is 396 g/mol. The molecule has 0 aliphatic rings. The van der Waals surface area contributed by atoms with Crippen molar-refractivity contribution in [2.75, 3.05) is 16.9 Å². The van der Waals surface area contributed by atoms with Gasteiger partial charge in [0.05, 0.1) is 16.8 Å². The van der Waals surface area contributed by atoms with Gasteiger partial charge in [0.15, 0.2) is 0 Å². The van der Waals surface area contributed by atoms with E-state index in [1.807, 2.05) is 48.9 Å². The van der Waals surface area contributed by atoms with E-state index in [4.69, 9.17) is 0 Å². The van der Waals surface area contributed by atoms with E-state index >= 15 is 0 Å². The number of carbonyl (C=O) groups is 2. The number of para-hydroxylation sites is 2. The van der Waals surface area contributed by atoms with Crippen molar-refractivity contribution >= 4 is 46.0 Å². The summed E-state index contributed by atoms with van der Waals surface area (Å²) in [5.74, 6) is 1.30. The lowest BCUT2D eigenvalue weighted by atomic mass is 10.2. The highest BCUT2D eigenvalue weighted by Gasteiger charge is 2.14. The molecule has 0 saturated heterocycles. The summed E-state index contributed by atoms with van der Waals surface area (Å²) in [6.07, 6.45) is 2.01. The quantitative estimate of drug-likeness (QED) is 0.629. The molecule has 0 radical (unpaired) electrons. The first-order valence-electron chi connectivity index (χ1n) is 9.12. The van der Waals surface area contributed by atoms with Crippen LogP contribution in [0, 0.1) is 5.92 Å². The number of nitrogens with zero attached hydrogens (tertiary/aromatic N) is 2. The van der Waals surface area contributed by atoms with Crippen LogP contribution in [-0.4, -0.2) is 27.6 Å². The number of imidazole rings is 1. The first-order chi connectivity index (χ1) is 13.5. The van der Waals surface area contributed by atoms with Gasteiger partial charge in [0.1, 0.15) is 12.4 Å². The third kappa shape index (κ3) is 4.72. The van der Waals surface area contributed by atoms with Gasteiger partial charge in [0.2, 0.25) is 11.8 Å². The summed E-state index contributed by atoms with van der Waals surface area (Å²) in [5.41, 5.74) is 3.13. The van der Waals surface area contributed by atoms with Crippen LogP contribution < -0.4 is 10.6 Å². The van der Waals surface area contributed by atoms with Crippen molar-refractivity contribution in [1.29, 1.82) is 0 Å². The van der Waals surface area contributed by atoms with Gasteiger partial charge in [-0.3, -0.25) is 9.59 Å². The maximum absolute atomic E-state index is 12.7. The lowest BCUT2D eigenvalue weighted by Crippen LogP contribution is -2.20. The fourth-order valence-corrected chi connectivity index (χ4v) is 3.33. The highest BCUT2D eigenvalue weighted by molar-refractivity contribution is 7.97. The molecular formula is C21H24N4O2S. The Bertz CT molecular complexity index is 997. The van der Waals surface area contributed by atoms with E-state index in [2.05, 4.69) is 15.6 Å². The topological polar surface area (TPSA) is 76.0 Å². The summed E-state index contributed by atoms with van der Waals surface area (Å²) in [6.45, 7) is 3.85. The highest BCUT2D eigenvalue weighted by atomic mass is 32.2. The number of hydrogen-bond donors (Lipinski definition) is 2. The molecule has 1 heterocycles. The summed E-state index contributed by atoms with van der Waals surface area (Å²) in [4.78, 5) is 29.2. The molecule has 1 aromatic heterocycles. The highest BCUT2D eigenvalue weighted by Crippen LogP contribution is 2.20. The number of amides is 2. The third-order valence-corrected chi connectivity index (χ3v) is 4.79. The number of anilines is 2. The molecule has 0 atom stereocenters. The van der Waals surface area contributed by atoms with Gasteiger partial charge in [-0.1, -0.05) is 32.0 Å². The number of carbonyl (C=O) groups excluding carboxylic acids is 2. The van der Waals surface area contributed by atoms with Crippen LogP contribution in [0.3, 0.4) is 0 Å². The van der Waals surface area contributed by atoms with E-state index in [1.54, 1.807) is 36.0 Å². The molecule has 0 spiro atoms. The molecule has 0 unspecified atom stereocenters. The number of benzene rings is 2. The summed E-state index contributed by atoms with van der Waals surface area (Å²) in [7, 11) is 0. The minimum atomic E-state index is -0.141. The van der Waals surface area contributed by atoms with Crippen LogP contribution in [0.15, 0.2) is 48.5 Å². The Hall–Kier alpha value is -2.80. The third-order valence-electron chi connectivity index (χ3n) is 4.25. The maximum Gasteiger partial charge on any atom is 0.244 e. The zero-order valence-corrected chi connectivity index (χ0v) is 17.0. The Morgan fingerprint density at radius 2 is 1.79 bits per heavy atom. The van der Waals surface area contributed by atoms with Crippen molar-refractivity contribution in [2.24, 2.45) is 5.92 Å². The van der Waals surface area contributed by atoms with Gasteiger partial charge in [-0.15, -0.1) is 0 Å². The lowest BCUT2D eigenvalue weighted by Gasteiger charge is -2.12. The predicted molar refractivity (Wildman–Crippen MR) is 115 cm³/mol. The Balaban J connectivity index is 1.75. The Morgan fingerprint density at radius 3 is 2.50 bits per heavy atom. The van der Waals surface area contributed by atoms with Crippen molar-refractivity contribution in [1.82, 2.24) is 9.55 Å². The predicted octanol–water partition coefficient (Wildman–Crippen LogP) is 4.13. The molecule has 2 amide bonds. The van der Waals surface area contributed by atoms with Gasteiger partial charge in [0.25, 0.3) is 0 Å². The SMILES string of the molecule is CSCc1nc2ccccc2n1CC(=O)Nc1cccc(NC(=O)C(C)C)c1. The van der Waals surface area contributed by atoms with E-state index in [1.165, 1.54) is 0 Å². The number of nitrogens with one attached hydrogen (secondary N) is 2. The first-order valence-corrected chi connectivity index (χ1v) is 10.5. The molecule has 28 heavy (non-hydrogen) atoms. The number of fused-ring (bicyclic) bond motifs is 1. The first kappa shape index (κ1) is 19.9. The van der Waals surface area contributed by atoms with Crippen molar-refractivity contribution in [2.45, 2.75) is 26.1 Å². The van der Waals surface area contributed by atoms with Gasteiger partial charge in [-0.25, -0.2) is 4.98 Å². The average Bonchev–Trinajstić information content (AvgIpc) is 2.99. The van der Waals surface area contributed by atoms with E-state index in [9.17, 15) is 9.59 Å². The molecule has 2 N–H and O–H groups in total. The second-order valence-corrected chi connectivity index (χ2v) is 7.67. The number of thioether (sulfide) groups is 1. The number of hydrogen-bond acceptors (Lipinski definition) is 4. The van der Waals surface area contributed by atoms with Gasteiger partial charge < -0.3 is 15.2 Å². The average molecular weight is 397 g/mol. The molecule has 6 nitrogen and oxygen atoms in total. The number of rotatable bonds is 7. The van der Waals surface area contributed by atoms with Crippen LogP contribution in [0.25, 0.3) is 11.0 Å². The van der Waals surface area contributed by atoms with E-state index < -0.39 is 0 Å². The molecule has 0 fully saturated rings. The van der Waals surface area contributed by atoms with Crippen LogP contribution in [0.1, 0.15) is 19.7 Å².